The predicted molar refractivity (Wildman–Crippen MR) is 90.7 cm³/mol. The van der Waals surface area contributed by atoms with Gasteiger partial charge in [0.2, 0.25) is 5.91 Å². The lowest BCUT2D eigenvalue weighted by molar-refractivity contribution is -0.128. The summed E-state index contributed by atoms with van der Waals surface area (Å²) >= 11 is 0. The Bertz CT molecular complexity index is 810. The Kier molecular flexibility index (Phi) is 3.92. The van der Waals surface area contributed by atoms with E-state index in [2.05, 4.69) is 9.98 Å². The molecule has 2 heterocycles. The number of amides is 3. The first kappa shape index (κ1) is 15.9. The third-order valence-electron chi connectivity index (χ3n) is 4.15. The van der Waals surface area contributed by atoms with Crippen LogP contribution in [0.25, 0.3) is 0 Å². The number of aliphatic imine (C=N–C) groups is 2. The van der Waals surface area contributed by atoms with Gasteiger partial charge in [0, 0.05) is 20.3 Å². The second-order valence-electron chi connectivity index (χ2n) is 5.64. The fourth-order valence-electron chi connectivity index (χ4n) is 2.78. The molecule has 1 fully saturated rings. The number of rotatable bonds is 2. The van der Waals surface area contributed by atoms with Crippen LogP contribution in [0, 0.1) is 5.92 Å². The normalized spacial score (nSPS) is 22.3. The smallest absolute Gasteiger partial charge is 0.331 e. The summed E-state index contributed by atoms with van der Waals surface area (Å²) in [6.07, 6.45) is 1.63. The molecule has 0 aliphatic carbocycles. The van der Waals surface area contributed by atoms with Gasteiger partial charge in [0.1, 0.15) is 23.2 Å². The molecule has 0 radical (unpaired) electrons. The molecule has 1 unspecified atom stereocenters. The van der Waals surface area contributed by atoms with E-state index in [1.54, 1.807) is 26.4 Å². The van der Waals surface area contributed by atoms with Gasteiger partial charge in [-0.15, -0.1) is 0 Å². The molecule has 2 aliphatic heterocycles. The Morgan fingerprint density at radius 2 is 1.88 bits per heavy atom. The van der Waals surface area contributed by atoms with Crippen molar-refractivity contribution in [2.75, 3.05) is 21.2 Å². The zero-order chi connectivity index (χ0) is 17.4. The van der Waals surface area contributed by atoms with Crippen LogP contribution in [0.2, 0.25) is 0 Å². The molecule has 0 spiro atoms. The molecule has 124 valence electrons. The summed E-state index contributed by atoms with van der Waals surface area (Å²) in [5, 5.41) is 0. The number of allylic oxidation sites excluding steroid dienone is 1. The van der Waals surface area contributed by atoms with E-state index in [0.29, 0.717) is 23.0 Å². The lowest BCUT2D eigenvalue weighted by atomic mass is 9.91. The minimum atomic E-state index is -0.701. The van der Waals surface area contributed by atoms with E-state index in [1.165, 1.54) is 11.9 Å². The van der Waals surface area contributed by atoms with Gasteiger partial charge in [0.15, 0.2) is 0 Å². The number of imide groups is 1. The topological polar surface area (TPSA) is 74.6 Å². The summed E-state index contributed by atoms with van der Waals surface area (Å²) in [4.78, 5) is 36.2. The fourth-order valence-corrected chi connectivity index (χ4v) is 2.78. The highest BCUT2D eigenvalue weighted by Gasteiger charge is 2.45. The van der Waals surface area contributed by atoms with Gasteiger partial charge in [-0.25, -0.2) is 14.8 Å². The number of carbonyl (C=O) groups is 2. The van der Waals surface area contributed by atoms with Crippen molar-refractivity contribution in [3.05, 3.63) is 36.0 Å². The number of para-hydroxylation sites is 2. The van der Waals surface area contributed by atoms with Gasteiger partial charge in [-0.05, 0) is 24.6 Å². The van der Waals surface area contributed by atoms with Crippen molar-refractivity contribution in [2.45, 2.75) is 6.92 Å². The lowest BCUT2D eigenvalue weighted by Gasteiger charge is -2.37. The van der Waals surface area contributed by atoms with Crippen molar-refractivity contribution in [3.63, 3.8) is 0 Å². The highest BCUT2D eigenvalue weighted by atomic mass is 16.5. The first-order valence-corrected chi connectivity index (χ1v) is 7.47. The van der Waals surface area contributed by atoms with Crippen LogP contribution in [0.1, 0.15) is 6.92 Å². The van der Waals surface area contributed by atoms with Gasteiger partial charge in [0.25, 0.3) is 0 Å². The molecule has 0 N–H and O–H groups in total. The minimum Gasteiger partial charge on any atom is -0.494 e. The maximum atomic E-state index is 12.7. The Hall–Kier alpha value is -2.96. The van der Waals surface area contributed by atoms with Gasteiger partial charge in [-0.1, -0.05) is 12.1 Å². The van der Waals surface area contributed by atoms with E-state index in [4.69, 9.17) is 4.74 Å². The fraction of sp³-hybridized carbons (Fsp3) is 0.294. The second kappa shape index (κ2) is 5.92. The number of methoxy groups -OCH3 is 1. The predicted octanol–water partition coefficient (Wildman–Crippen LogP) is 2.22. The molecule has 0 saturated carbocycles. The average molecular weight is 326 g/mol. The van der Waals surface area contributed by atoms with Crippen molar-refractivity contribution in [1.29, 1.82) is 0 Å². The SMILES string of the molecule is COc1ccccc1N=C1C(C)=CN=C2C1C(=O)N(C)C(=O)N2C. The largest absolute Gasteiger partial charge is 0.494 e. The Balaban J connectivity index is 2.13. The van der Waals surface area contributed by atoms with E-state index < -0.39 is 11.9 Å². The Morgan fingerprint density at radius 1 is 1.17 bits per heavy atom. The molecule has 7 nitrogen and oxygen atoms in total. The highest BCUT2D eigenvalue weighted by molar-refractivity contribution is 6.33. The van der Waals surface area contributed by atoms with E-state index in [0.717, 1.165) is 10.5 Å². The van der Waals surface area contributed by atoms with Gasteiger partial charge in [-0.3, -0.25) is 14.6 Å². The zero-order valence-electron chi connectivity index (χ0n) is 14.0. The molecule has 7 heteroatoms. The van der Waals surface area contributed by atoms with E-state index in [9.17, 15) is 9.59 Å². The van der Waals surface area contributed by atoms with Gasteiger partial charge in [-0.2, -0.15) is 0 Å². The molecule has 2 aliphatic rings. The molecular weight excluding hydrogens is 308 g/mol. The molecule has 0 bridgehead atoms. The van der Waals surface area contributed by atoms with Crippen LogP contribution in [0.4, 0.5) is 10.5 Å². The van der Waals surface area contributed by atoms with Crippen LogP contribution in [0.3, 0.4) is 0 Å². The zero-order valence-corrected chi connectivity index (χ0v) is 14.0. The van der Waals surface area contributed by atoms with Crippen LogP contribution >= 0.6 is 0 Å². The molecular formula is C17H18N4O3. The first-order chi connectivity index (χ1) is 11.5. The lowest BCUT2D eigenvalue weighted by Crippen LogP contribution is -2.59. The van der Waals surface area contributed by atoms with E-state index in [1.807, 2.05) is 25.1 Å². The summed E-state index contributed by atoms with van der Waals surface area (Å²) in [7, 11) is 4.64. The summed E-state index contributed by atoms with van der Waals surface area (Å²) in [5.41, 5.74) is 1.97. The van der Waals surface area contributed by atoms with Crippen molar-refractivity contribution in [2.24, 2.45) is 15.9 Å². The van der Waals surface area contributed by atoms with Crippen LogP contribution in [-0.2, 0) is 4.79 Å². The van der Waals surface area contributed by atoms with Crippen LogP contribution in [0.5, 0.6) is 5.75 Å². The monoisotopic (exact) mass is 326 g/mol. The molecule has 0 aromatic heterocycles. The number of fused-ring (bicyclic) bond motifs is 1. The number of ether oxygens (including phenoxy) is 1. The summed E-state index contributed by atoms with van der Waals surface area (Å²) in [6.45, 7) is 1.85. The Labute approximate surface area is 139 Å². The number of amidine groups is 1. The molecule has 3 rings (SSSR count). The minimum absolute atomic E-state index is 0.335. The first-order valence-electron chi connectivity index (χ1n) is 7.47. The number of hydrogen-bond donors (Lipinski definition) is 0. The number of hydrogen-bond acceptors (Lipinski definition) is 5. The van der Waals surface area contributed by atoms with Gasteiger partial charge >= 0.3 is 6.03 Å². The average Bonchev–Trinajstić information content (AvgIpc) is 2.60. The molecule has 24 heavy (non-hydrogen) atoms. The molecule has 1 aromatic carbocycles. The van der Waals surface area contributed by atoms with Crippen molar-refractivity contribution >= 4 is 29.2 Å². The van der Waals surface area contributed by atoms with Gasteiger partial charge < -0.3 is 4.74 Å². The number of nitrogens with zero attached hydrogens (tertiary/aromatic N) is 4. The van der Waals surface area contributed by atoms with Crippen molar-refractivity contribution < 1.29 is 14.3 Å². The van der Waals surface area contributed by atoms with E-state index >= 15 is 0 Å². The molecule has 1 aromatic rings. The van der Waals surface area contributed by atoms with Gasteiger partial charge in [0.05, 0.1) is 12.8 Å². The van der Waals surface area contributed by atoms with E-state index in [-0.39, 0.29) is 5.91 Å². The van der Waals surface area contributed by atoms with Crippen molar-refractivity contribution in [1.82, 2.24) is 9.80 Å². The molecule has 3 amide bonds. The summed E-state index contributed by atoms with van der Waals surface area (Å²) in [5.74, 6) is -0.0317. The maximum Gasteiger partial charge on any atom is 0.331 e. The third kappa shape index (κ3) is 2.38. The van der Waals surface area contributed by atoms with Crippen LogP contribution in [-0.4, -0.2) is 54.5 Å². The number of benzene rings is 1. The summed E-state index contributed by atoms with van der Waals surface area (Å²) < 4.78 is 5.33. The molecule has 1 atom stereocenters. The highest BCUT2D eigenvalue weighted by Crippen LogP contribution is 2.31. The standard InChI is InChI=1S/C17H18N4O3/c1-10-9-18-15-13(16(22)21(3)17(23)20(15)2)14(10)19-11-7-5-6-8-12(11)24-4/h5-9,13H,1-4H3. The van der Waals surface area contributed by atoms with Crippen LogP contribution in [0.15, 0.2) is 46.0 Å². The van der Waals surface area contributed by atoms with Crippen molar-refractivity contribution in [3.8, 4) is 5.75 Å². The maximum absolute atomic E-state index is 12.7. The second-order valence-corrected chi connectivity index (χ2v) is 5.64. The summed E-state index contributed by atoms with van der Waals surface area (Å²) in [6, 6.07) is 6.92. The number of urea groups is 1. The van der Waals surface area contributed by atoms with Crippen LogP contribution < -0.4 is 4.74 Å². The molecule has 1 saturated heterocycles. The quantitative estimate of drug-likeness (QED) is 0.836. The number of carbonyl (C=O) groups excluding carboxylic acids is 2. The third-order valence-corrected chi connectivity index (χ3v) is 4.15. The Morgan fingerprint density at radius 3 is 2.58 bits per heavy atom.